The highest BCUT2D eigenvalue weighted by Crippen LogP contribution is 2.28. The smallest absolute Gasteiger partial charge is 0.263 e. The van der Waals surface area contributed by atoms with Crippen molar-refractivity contribution in [1.82, 2.24) is 9.97 Å². The Labute approximate surface area is 193 Å². The summed E-state index contributed by atoms with van der Waals surface area (Å²) in [4.78, 5) is 9.26. The number of fused-ring (bicyclic) bond motifs is 1. The van der Waals surface area contributed by atoms with Gasteiger partial charge in [-0.05, 0) is 66.4 Å². The number of methoxy groups -OCH3 is 1. The number of sulfonamides is 1. The average Bonchev–Trinajstić information content (AvgIpc) is 2.84. The van der Waals surface area contributed by atoms with Crippen LogP contribution in [0, 0.1) is 0 Å². The second kappa shape index (κ2) is 9.46. The molecule has 0 spiro atoms. The molecule has 3 aromatic carbocycles. The van der Waals surface area contributed by atoms with Crippen LogP contribution in [0.25, 0.3) is 11.0 Å². The van der Waals surface area contributed by atoms with Crippen LogP contribution in [0.3, 0.4) is 0 Å². The number of anilines is 3. The number of hydrogen-bond acceptors (Lipinski definition) is 6. The summed E-state index contributed by atoms with van der Waals surface area (Å²) in [5.74, 6) is 1.48. The highest BCUT2D eigenvalue weighted by Gasteiger charge is 2.19. The number of nitrogens with one attached hydrogen (secondary N) is 2. The van der Waals surface area contributed by atoms with Crippen LogP contribution in [-0.2, 0) is 10.0 Å². The monoisotopic (exact) mass is 462 g/mol. The van der Waals surface area contributed by atoms with Gasteiger partial charge in [-0.1, -0.05) is 38.1 Å². The Hall–Kier alpha value is -3.65. The molecule has 1 atom stereocenters. The van der Waals surface area contributed by atoms with E-state index in [1.165, 1.54) is 24.8 Å². The normalized spacial score (nSPS) is 12.3. The number of ether oxygens (including phenoxy) is 1. The summed E-state index contributed by atoms with van der Waals surface area (Å²) in [7, 11) is -2.36. The van der Waals surface area contributed by atoms with E-state index in [0.717, 1.165) is 12.1 Å². The third kappa shape index (κ3) is 5.06. The van der Waals surface area contributed by atoms with Crippen molar-refractivity contribution in [3.8, 4) is 5.75 Å². The molecule has 0 unspecified atom stereocenters. The number of aromatic nitrogens is 2. The summed E-state index contributed by atoms with van der Waals surface area (Å²) >= 11 is 0. The van der Waals surface area contributed by atoms with Crippen molar-refractivity contribution in [2.45, 2.75) is 31.1 Å². The van der Waals surface area contributed by atoms with E-state index in [4.69, 9.17) is 4.74 Å². The van der Waals surface area contributed by atoms with E-state index < -0.39 is 10.0 Å². The second-order valence-electron chi connectivity index (χ2n) is 7.75. The summed E-state index contributed by atoms with van der Waals surface area (Å²) in [5, 5.41) is 3.22. The van der Waals surface area contributed by atoms with Crippen molar-refractivity contribution >= 4 is 38.4 Å². The molecule has 0 amide bonds. The van der Waals surface area contributed by atoms with Gasteiger partial charge in [0.1, 0.15) is 5.75 Å². The second-order valence-corrected chi connectivity index (χ2v) is 9.43. The molecule has 8 heteroatoms. The molecule has 0 saturated carbocycles. The van der Waals surface area contributed by atoms with Gasteiger partial charge in [-0.15, -0.1) is 0 Å². The van der Waals surface area contributed by atoms with Crippen molar-refractivity contribution in [2.75, 3.05) is 17.1 Å². The fraction of sp³-hybridized carbons (Fsp3) is 0.200. The van der Waals surface area contributed by atoms with E-state index in [-0.39, 0.29) is 10.7 Å². The molecule has 4 rings (SSSR count). The summed E-state index contributed by atoms with van der Waals surface area (Å²) in [6.45, 7) is 4.34. The number of benzene rings is 3. The minimum atomic E-state index is -3.89. The van der Waals surface area contributed by atoms with Crippen LogP contribution >= 0.6 is 0 Å². The predicted octanol–water partition coefficient (Wildman–Crippen LogP) is 5.70. The molecule has 0 aliphatic heterocycles. The van der Waals surface area contributed by atoms with E-state index in [9.17, 15) is 8.42 Å². The predicted molar refractivity (Wildman–Crippen MR) is 132 cm³/mol. The van der Waals surface area contributed by atoms with Gasteiger partial charge in [0.15, 0.2) is 11.6 Å². The van der Waals surface area contributed by atoms with Crippen LogP contribution in [0.2, 0.25) is 0 Å². The van der Waals surface area contributed by atoms with E-state index in [0.29, 0.717) is 28.5 Å². The lowest BCUT2D eigenvalue weighted by Gasteiger charge is -2.15. The zero-order chi connectivity index (χ0) is 23.4. The van der Waals surface area contributed by atoms with Gasteiger partial charge in [0, 0.05) is 5.69 Å². The maximum atomic E-state index is 13.0. The van der Waals surface area contributed by atoms with Crippen LogP contribution in [0.4, 0.5) is 17.3 Å². The summed E-state index contributed by atoms with van der Waals surface area (Å²) in [6, 6.07) is 21.5. The van der Waals surface area contributed by atoms with Crippen LogP contribution in [-0.4, -0.2) is 25.5 Å². The first-order chi connectivity index (χ1) is 15.9. The van der Waals surface area contributed by atoms with Crippen molar-refractivity contribution in [3.63, 3.8) is 0 Å². The topological polar surface area (TPSA) is 93.2 Å². The van der Waals surface area contributed by atoms with Crippen LogP contribution in [0.1, 0.15) is 31.7 Å². The van der Waals surface area contributed by atoms with Crippen molar-refractivity contribution in [3.05, 3.63) is 78.4 Å². The molecule has 33 heavy (non-hydrogen) atoms. The van der Waals surface area contributed by atoms with Crippen molar-refractivity contribution in [2.24, 2.45) is 0 Å². The number of rotatable bonds is 8. The molecule has 0 fully saturated rings. The van der Waals surface area contributed by atoms with Gasteiger partial charge >= 0.3 is 0 Å². The van der Waals surface area contributed by atoms with Gasteiger partial charge in [0.2, 0.25) is 0 Å². The van der Waals surface area contributed by atoms with Gasteiger partial charge in [0.05, 0.1) is 23.0 Å². The first-order valence-electron chi connectivity index (χ1n) is 10.7. The van der Waals surface area contributed by atoms with E-state index in [1.54, 1.807) is 18.2 Å². The Kier molecular flexibility index (Phi) is 6.46. The molecule has 7 nitrogen and oxygen atoms in total. The average molecular weight is 463 g/mol. The number of para-hydroxylation sites is 2. The van der Waals surface area contributed by atoms with Gasteiger partial charge < -0.3 is 10.1 Å². The molecule has 2 N–H and O–H groups in total. The van der Waals surface area contributed by atoms with Crippen LogP contribution in [0.15, 0.2) is 77.7 Å². The van der Waals surface area contributed by atoms with Gasteiger partial charge in [-0.2, -0.15) is 0 Å². The molecule has 0 saturated heterocycles. The lowest BCUT2D eigenvalue weighted by molar-refractivity contribution is 0.414. The number of nitrogens with zero attached hydrogens (tertiary/aromatic N) is 2. The minimum absolute atomic E-state index is 0.0992. The maximum Gasteiger partial charge on any atom is 0.263 e. The molecule has 4 aromatic rings. The Bertz CT molecular complexity index is 1360. The molecule has 0 aliphatic carbocycles. The third-order valence-electron chi connectivity index (χ3n) is 5.53. The molecule has 0 radical (unpaired) electrons. The highest BCUT2D eigenvalue weighted by atomic mass is 32.2. The molecule has 1 aromatic heterocycles. The standard InChI is InChI=1S/C25H26N4O3S/c1-4-17(2)18-9-11-19(12-10-18)26-24-25(28-23-8-6-5-7-22(23)27-24)29-33(30,31)21-15-13-20(32-3)14-16-21/h5-17H,4H2,1-3H3,(H,26,27)(H,28,29)/t17-/m1/s1. The Morgan fingerprint density at radius 1 is 0.879 bits per heavy atom. The largest absolute Gasteiger partial charge is 0.497 e. The fourth-order valence-electron chi connectivity index (χ4n) is 3.37. The van der Waals surface area contributed by atoms with Gasteiger partial charge in [-0.3, -0.25) is 4.72 Å². The van der Waals surface area contributed by atoms with E-state index in [2.05, 4.69) is 46.0 Å². The minimum Gasteiger partial charge on any atom is -0.497 e. The quantitative estimate of drug-likeness (QED) is 0.349. The van der Waals surface area contributed by atoms with Crippen LogP contribution in [0.5, 0.6) is 5.75 Å². The van der Waals surface area contributed by atoms with Crippen molar-refractivity contribution < 1.29 is 13.2 Å². The lowest BCUT2D eigenvalue weighted by Crippen LogP contribution is -2.16. The molecule has 1 heterocycles. The molecular formula is C25H26N4O3S. The Morgan fingerprint density at radius 3 is 2.06 bits per heavy atom. The molecule has 170 valence electrons. The Balaban J connectivity index is 1.70. The summed E-state index contributed by atoms with van der Waals surface area (Å²) in [6.07, 6.45) is 1.06. The molecule has 0 bridgehead atoms. The zero-order valence-corrected chi connectivity index (χ0v) is 19.6. The third-order valence-corrected chi connectivity index (χ3v) is 6.88. The van der Waals surface area contributed by atoms with Crippen LogP contribution < -0.4 is 14.8 Å². The molecular weight excluding hydrogens is 436 g/mol. The number of hydrogen-bond donors (Lipinski definition) is 2. The van der Waals surface area contributed by atoms with Gasteiger partial charge in [0.25, 0.3) is 10.0 Å². The zero-order valence-electron chi connectivity index (χ0n) is 18.7. The Morgan fingerprint density at radius 2 is 1.48 bits per heavy atom. The summed E-state index contributed by atoms with van der Waals surface area (Å²) < 4.78 is 33.8. The first kappa shape index (κ1) is 22.5. The fourth-order valence-corrected chi connectivity index (χ4v) is 4.38. The van der Waals surface area contributed by atoms with E-state index in [1.807, 2.05) is 30.3 Å². The first-order valence-corrected chi connectivity index (χ1v) is 12.2. The van der Waals surface area contributed by atoms with Gasteiger partial charge in [-0.25, -0.2) is 18.4 Å². The molecule has 0 aliphatic rings. The van der Waals surface area contributed by atoms with E-state index >= 15 is 0 Å². The SMILES string of the molecule is CC[C@@H](C)c1ccc(Nc2nc3ccccc3nc2NS(=O)(=O)c2ccc(OC)cc2)cc1. The highest BCUT2D eigenvalue weighted by molar-refractivity contribution is 7.92. The maximum absolute atomic E-state index is 13.0. The lowest BCUT2D eigenvalue weighted by atomic mass is 9.99. The summed E-state index contributed by atoms with van der Waals surface area (Å²) in [5.41, 5.74) is 3.27. The van der Waals surface area contributed by atoms with Crippen molar-refractivity contribution in [1.29, 1.82) is 0 Å².